The zero-order valence-electron chi connectivity index (χ0n) is 11.5. The first kappa shape index (κ1) is 15.6. The Kier molecular flexibility index (Phi) is 5.03. The van der Waals surface area contributed by atoms with Crippen LogP contribution in [0, 0.1) is 0 Å². The van der Waals surface area contributed by atoms with E-state index in [0.29, 0.717) is 26.3 Å². The number of carboxylic acid groups (broad SMARTS) is 1. The fourth-order valence-electron chi connectivity index (χ4n) is 2.09. The summed E-state index contributed by atoms with van der Waals surface area (Å²) in [4.78, 5) is 25.1. The number of ether oxygens (including phenoxy) is 2. The molecule has 1 atom stereocenters. The van der Waals surface area contributed by atoms with Gasteiger partial charge in [0.15, 0.2) is 6.10 Å². The largest absolute Gasteiger partial charge is 0.480 e. The molecule has 114 valence electrons. The van der Waals surface area contributed by atoms with Crippen molar-refractivity contribution in [2.24, 2.45) is 0 Å². The van der Waals surface area contributed by atoms with Crippen LogP contribution in [0.15, 0.2) is 18.2 Å². The van der Waals surface area contributed by atoms with E-state index in [1.807, 2.05) is 0 Å². The van der Waals surface area contributed by atoms with Gasteiger partial charge in [0.05, 0.1) is 18.2 Å². The fourth-order valence-corrected chi connectivity index (χ4v) is 2.34. The van der Waals surface area contributed by atoms with Gasteiger partial charge in [0.1, 0.15) is 11.3 Å². The van der Waals surface area contributed by atoms with Crippen LogP contribution in [0.3, 0.4) is 0 Å². The quantitative estimate of drug-likeness (QED) is 0.915. The number of aromatic carboxylic acids is 1. The average Bonchev–Trinajstić information content (AvgIpc) is 2.47. The van der Waals surface area contributed by atoms with Crippen LogP contribution in [-0.2, 0) is 9.53 Å². The van der Waals surface area contributed by atoms with E-state index in [9.17, 15) is 14.7 Å². The van der Waals surface area contributed by atoms with Crippen molar-refractivity contribution in [3.05, 3.63) is 28.8 Å². The molecule has 1 aliphatic rings. The number of carbonyl (C=O) groups excluding carboxylic acids is 1. The summed E-state index contributed by atoms with van der Waals surface area (Å²) >= 11 is 5.86. The lowest BCUT2D eigenvalue weighted by Crippen LogP contribution is -2.46. The minimum absolute atomic E-state index is 0.0750. The maximum absolute atomic E-state index is 12.2. The molecule has 7 heteroatoms. The average molecular weight is 314 g/mol. The molecule has 1 heterocycles. The Labute approximate surface area is 127 Å². The molecule has 2 rings (SSSR count). The number of nitrogens with zero attached hydrogens (tertiary/aromatic N) is 1. The van der Waals surface area contributed by atoms with Crippen LogP contribution in [0.2, 0.25) is 5.02 Å². The highest BCUT2D eigenvalue weighted by Gasteiger charge is 2.25. The number of hydrogen-bond donors (Lipinski definition) is 1. The Bertz CT molecular complexity index is 542. The second-order valence-corrected chi connectivity index (χ2v) is 5.02. The van der Waals surface area contributed by atoms with Gasteiger partial charge < -0.3 is 19.5 Å². The molecule has 1 fully saturated rings. The van der Waals surface area contributed by atoms with Gasteiger partial charge in [-0.3, -0.25) is 4.79 Å². The van der Waals surface area contributed by atoms with Gasteiger partial charge in [-0.25, -0.2) is 4.79 Å². The van der Waals surface area contributed by atoms with E-state index in [4.69, 9.17) is 21.1 Å². The Hall–Kier alpha value is -1.79. The lowest BCUT2D eigenvalue weighted by molar-refractivity contribution is -0.142. The van der Waals surface area contributed by atoms with Gasteiger partial charge in [-0.15, -0.1) is 0 Å². The molecule has 1 N–H and O–H groups in total. The molecule has 0 aromatic heterocycles. The molecular formula is C14H16ClNO5. The predicted molar refractivity (Wildman–Crippen MR) is 75.9 cm³/mol. The van der Waals surface area contributed by atoms with Crippen molar-refractivity contribution < 1.29 is 24.2 Å². The van der Waals surface area contributed by atoms with E-state index in [0.717, 1.165) is 0 Å². The van der Waals surface area contributed by atoms with Crippen LogP contribution in [0.1, 0.15) is 17.3 Å². The lowest BCUT2D eigenvalue weighted by atomic mass is 10.2. The number of carboxylic acids is 1. The minimum Gasteiger partial charge on any atom is -0.480 e. The normalized spacial score (nSPS) is 16.4. The monoisotopic (exact) mass is 313 g/mol. The lowest BCUT2D eigenvalue weighted by Gasteiger charge is -2.29. The Balaban J connectivity index is 2.12. The topological polar surface area (TPSA) is 76.1 Å². The molecule has 0 aliphatic carbocycles. The van der Waals surface area contributed by atoms with Gasteiger partial charge in [-0.05, 0) is 19.1 Å². The minimum atomic E-state index is -1.19. The summed E-state index contributed by atoms with van der Waals surface area (Å²) in [5, 5.41) is 9.25. The molecule has 0 bridgehead atoms. The second-order valence-electron chi connectivity index (χ2n) is 4.62. The van der Waals surface area contributed by atoms with Crippen molar-refractivity contribution in [3.63, 3.8) is 0 Å². The summed E-state index contributed by atoms with van der Waals surface area (Å²) in [6.07, 6.45) is -0.792. The molecule has 1 aromatic carbocycles. The zero-order chi connectivity index (χ0) is 15.4. The van der Waals surface area contributed by atoms with E-state index in [2.05, 4.69) is 0 Å². The summed E-state index contributed by atoms with van der Waals surface area (Å²) < 4.78 is 10.7. The summed E-state index contributed by atoms with van der Waals surface area (Å²) in [5.74, 6) is -1.31. The summed E-state index contributed by atoms with van der Waals surface area (Å²) in [7, 11) is 0. The number of rotatable bonds is 4. The Morgan fingerprint density at radius 2 is 2.05 bits per heavy atom. The van der Waals surface area contributed by atoms with Gasteiger partial charge in [0.2, 0.25) is 0 Å². The summed E-state index contributed by atoms with van der Waals surface area (Å²) in [5.41, 5.74) is -0.138. The molecule has 21 heavy (non-hydrogen) atoms. The number of morpholine rings is 1. The van der Waals surface area contributed by atoms with E-state index in [-0.39, 0.29) is 22.2 Å². The van der Waals surface area contributed by atoms with E-state index in [1.54, 1.807) is 17.9 Å². The zero-order valence-corrected chi connectivity index (χ0v) is 12.3. The Morgan fingerprint density at radius 3 is 2.67 bits per heavy atom. The van der Waals surface area contributed by atoms with Crippen LogP contribution in [0.5, 0.6) is 5.75 Å². The molecule has 0 radical (unpaired) electrons. The van der Waals surface area contributed by atoms with E-state index < -0.39 is 12.1 Å². The van der Waals surface area contributed by atoms with Crippen LogP contribution < -0.4 is 4.74 Å². The molecule has 0 saturated carbocycles. The first-order chi connectivity index (χ1) is 10.0. The van der Waals surface area contributed by atoms with E-state index >= 15 is 0 Å². The van der Waals surface area contributed by atoms with Gasteiger partial charge in [0, 0.05) is 13.1 Å². The molecule has 1 aromatic rings. The third-order valence-electron chi connectivity index (χ3n) is 3.16. The third kappa shape index (κ3) is 3.65. The van der Waals surface area contributed by atoms with Crippen LogP contribution in [0.4, 0.5) is 0 Å². The van der Waals surface area contributed by atoms with Gasteiger partial charge in [0.25, 0.3) is 5.91 Å². The summed E-state index contributed by atoms with van der Waals surface area (Å²) in [6.45, 7) is 3.60. The number of carbonyl (C=O) groups is 2. The Morgan fingerprint density at radius 1 is 1.38 bits per heavy atom. The highest BCUT2D eigenvalue weighted by atomic mass is 35.5. The molecule has 1 unspecified atom stereocenters. The van der Waals surface area contributed by atoms with Crippen LogP contribution >= 0.6 is 11.6 Å². The fraction of sp³-hybridized carbons (Fsp3) is 0.429. The maximum atomic E-state index is 12.2. The molecule has 1 aliphatic heterocycles. The van der Waals surface area contributed by atoms with Crippen molar-refractivity contribution >= 4 is 23.5 Å². The first-order valence-electron chi connectivity index (χ1n) is 6.55. The van der Waals surface area contributed by atoms with Crippen LogP contribution in [0.25, 0.3) is 0 Å². The second kappa shape index (κ2) is 6.78. The number of halogens is 1. The molecule has 1 amide bonds. The standard InChI is InChI=1S/C14H16ClNO5/c1-9(13(17)16-5-7-20-8-6-16)21-11-4-2-3-10(15)12(11)14(18)19/h2-4,9H,5-8H2,1H3,(H,18,19). The van der Waals surface area contributed by atoms with Gasteiger partial charge >= 0.3 is 5.97 Å². The first-order valence-corrected chi connectivity index (χ1v) is 6.93. The molecular weight excluding hydrogens is 298 g/mol. The van der Waals surface area contributed by atoms with Crippen molar-refractivity contribution in [1.29, 1.82) is 0 Å². The molecule has 0 spiro atoms. The van der Waals surface area contributed by atoms with Crippen molar-refractivity contribution in [2.45, 2.75) is 13.0 Å². The van der Waals surface area contributed by atoms with Crippen molar-refractivity contribution in [3.8, 4) is 5.75 Å². The van der Waals surface area contributed by atoms with Crippen molar-refractivity contribution in [1.82, 2.24) is 4.90 Å². The number of benzene rings is 1. The van der Waals surface area contributed by atoms with Gasteiger partial charge in [-0.2, -0.15) is 0 Å². The number of amides is 1. The predicted octanol–water partition coefficient (Wildman–Crippen LogP) is 1.66. The van der Waals surface area contributed by atoms with Gasteiger partial charge in [-0.1, -0.05) is 17.7 Å². The molecule has 1 saturated heterocycles. The highest BCUT2D eigenvalue weighted by molar-refractivity contribution is 6.33. The maximum Gasteiger partial charge on any atom is 0.341 e. The SMILES string of the molecule is CC(Oc1cccc(Cl)c1C(=O)O)C(=O)N1CCOCC1. The van der Waals surface area contributed by atoms with Crippen molar-refractivity contribution in [2.75, 3.05) is 26.3 Å². The van der Waals surface area contributed by atoms with Crippen LogP contribution in [-0.4, -0.2) is 54.3 Å². The molecule has 6 nitrogen and oxygen atoms in total. The summed E-state index contributed by atoms with van der Waals surface area (Å²) in [6, 6.07) is 4.53. The highest BCUT2D eigenvalue weighted by Crippen LogP contribution is 2.27. The third-order valence-corrected chi connectivity index (χ3v) is 3.48. The van der Waals surface area contributed by atoms with E-state index in [1.165, 1.54) is 12.1 Å². The smallest absolute Gasteiger partial charge is 0.341 e. The number of hydrogen-bond acceptors (Lipinski definition) is 4.